The fourth-order valence-electron chi connectivity index (χ4n) is 1.76. The van der Waals surface area contributed by atoms with Crippen molar-refractivity contribution in [3.8, 4) is 0 Å². The molecule has 0 aliphatic heterocycles. The maximum absolute atomic E-state index is 11.2. The van der Waals surface area contributed by atoms with Gasteiger partial charge in [-0.1, -0.05) is 48.8 Å². The molecule has 1 aromatic carbocycles. The summed E-state index contributed by atoms with van der Waals surface area (Å²) in [6.45, 7) is 2.04. The molecule has 0 fully saturated rings. The van der Waals surface area contributed by atoms with Crippen molar-refractivity contribution in [1.82, 2.24) is 4.98 Å². The van der Waals surface area contributed by atoms with E-state index in [-0.39, 0.29) is 5.56 Å². The molecule has 0 aliphatic rings. The standard InChI is InChI=1S/C15H14ClNO2S/c1-2-5-11-8-10(15(18)19)9-14(17-11)20-13-7-4-3-6-12(13)16/h3-4,6-9H,2,5H2,1H3,(H,18,19). The Morgan fingerprint density at radius 1 is 1.35 bits per heavy atom. The van der Waals surface area contributed by atoms with Gasteiger partial charge in [0.2, 0.25) is 0 Å². The quantitative estimate of drug-likeness (QED) is 0.881. The van der Waals surface area contributed by atoms with Crippen LogP contribution in [0.15, 0.2) is 46.3 Å². The lowest BCUT2D eigenvalue weighted by Crippen LogP contribution is -2.01. The van der Waals surface area contributed by atoms with Crippen LogP contribution in [0.5, 0.6) is 0 Å². The second-order valence-electron chi connectivity index (χ2n) is 4.27. The van der Waals surface area contributed by atoms with Gasteiger partial charge >= 0.3 is 5.97 Å². The average molecular weight is 308 g/mol. The lowest BCUT2D eigenvalue weighted by molar-refractivity contribution is 0.0696. The Morgan fingerprint density at radius 2 is 2.10 bits per heavy atom. The van der Waals surface area contributed by atoms with Gasteiger partial charge in [0.1, 0.15) is 5.03 Å². The van der Waals surface area contributed by atoms with E-state index < -0.39 is 5.97 Å². The lowest BCUT2D eigenvalue weighted by atomic mass is 10.2. The van der Waals surface area contributed by atoms with E-state index in [1.165, 1.54) is 11.8 Å². The zero-order valence-electron chi connectivity index (χ0n) is 11.0. The van der Waals surface area contributed by atoms with Crippen LogP contribution in [0, 0.1) is 0 Å². The Bertz CT molecular complexity index is 631. The van der Waals surface area contributed by atoms with E-state index in [1.54, 1.807) is 18.2 Å². The molecule has 0 unspecified atom stereocenters. The molecular formula is C15H14ClNO2S. The van der Waals surface area contributed by atoms with Gasteiger partial charge in [0, 0.05) is 10.6 Å². The summed E-state index contributed by atoms with van der Waals surface area (Å²) in [4.78, 5) is 16.5. The number of aromatic carboxylic acids is 1. The van der Waals surface area contributed by atoms with Crippen molar-refractivity contribution in [2.45, 2.75) is 29.7 Å². The molecule has 3 nitrogen and oxygen atoms in total. The van der Waals surface area contributed by atoms with E-state index in [9.17, 15) is 4.79 Å². The molecule has 0 aliphatic carbocycles. The highest BCUT2D eigenvalue weighted by atomic mass is 35.5. The van der Waals surface area contributed by atoms with Crippen LogP contribution in [0.2, 0.25) is 5.02 Å². The van der Waals surface area contributed by atoms with Crippen LogP contribution in [0.25, 0.3) is 0 Å². The molecule has 0 amide bonds. The summed E-state index contributed by atoms with van der Waals surface area (Å²) in [6.07, 6.45) is 1.68. The molecule has 0 atom stereocenters. The first-order valence-corrected chi connectivity index (χ1v) is 7.46. The monoisotopic (exact) mass is 307 g/mol. The van der Waals surface area contributed by atoms with Crippen molar-refractivity contribution in [2.75, 3.05) is 0 Å². The van der Waals surface area contributed by atoms with Crippen LogP contribution < -0.4 is 0 Å². The minimum absolute atomic E-state index is 0.262. The number of carboxylic acids is 1. The summed E-state index contributed by atoms with van der Waals surface area (Å²) < 4.78 is 0. The molecule has 1 aromatic heterocycles. The number of carbonyl (C=O) groups is 1. The molecule has 1 heterocycles. The van der Waals surface area contributed by atoms with E-state index in [2.05, 4.69) is 4.98 Å². The number of aromatic nitrogens is 1. The fraction of sp³-hybridized carbons (Fsp3) is 0.200. The Kier molecular flexibility index (Phi) is 5.04. The van der Waals surface area contributed by atoms with Crippen molar-refractivity contribution < 1.29 is 9.90 Å². The summed E-state index contributed by atoms with van der Waals surface area (Å²) in [7, 11) is 0. The van der Waals surface area contributed by atoms with E-state index in [0.717, 1.165) is 23.4 Å². The van der Waals surface area contributed by atoms with Crippen LogP contribution in [-0.2, 0) is 6.42 Å². The maximum Gasteiger partial charge on any atom is 0.335 e. The number of hydrogen-bond donors (Lipinski definition) is 1. The Morgan fingerprint density at radius 3 is 2.75 bits per heavy atom. The molecule has 0 radical (unpaired) electrons. The van der Waals surface area contributed by atoms with Gasteiger partial charge in [0.05, 0.1) is 10.6 Å². The molecule has 20 heavy (non-hydrogen) atoms. The van der Waals surface area contributed by atoms with Crippen LogP contribution in [0.1, 0.15) is 29.4 Å². The first-order valence-electron chi connectivity index (χ1n) is 6.26. The van der Waals surface area contributed by atoms with Gasteiger partial charge in [-0.25, -0.2) is 9.78 Å². The smallest absolute Gasteiger partial charge is 0.335 e. The van der Waals surface area contributed by atoms with Crippen LogP contribution in [0.3, 0.4) is 0 Å². The number of benzene rings is 1. The second kappa shape index (κ2) is 6.77. The molecule has 0 spiro atoms. The predicted octanol–water partition coefficient (Wildman–Crippen LogP) is 4.54. The molecular weight excluding hydrogens is 294 g/mol. The normalized spacial score (nSPS) is 10.5. The van der Waals surface area contributed by atoms with Gasteiger partial charge in [0.15, 0.2) is 0 Å². The minimum Gasteiger partial charge on any atom is -0.478 e. The molecule has 0 saturated carbocycles. The summed E-state index contributed by atoms with van der Waals surface area (Å²) in [5.41, 5.74) is 1.06. The molecule has 2 aromatic rings. The van der Waals surface area contributed by atoms with Gasteiger partial charge in [-0.15, -0.1) is 0 Å². The molecule has 1 N–H and O–H groups in total. The van der Waals surface area contributed by atoms with Gasteiger partial charge in [-0.3, -0.25) is 0 Å². The highest BCUT2D eigenvalue weighted by Crippen LogP contribution is 2.32. The van der Waals surface area contributed by atoms with Crippen molar-refractivity contribution >= 4 is 29.3 Å². The van der Waals surface area contributed by atoms with Crippen molar-refractivity contribution in [2.24, 2.45) is 0 Å². The lowest BCUT2D eigenvalue weighted by Gasteiger charge is -2.07. The largest absolute Gasteiger partial charge is 0.478 e. The molecule has 5 heteroatoms. The minimum atomic E-state index is -0.939. The van der Waals surface area contributed by atoms with Gasteiger partial charge in [-0.2, -0.15) is 0 Å². The molecule has 2 rings (SSSR count). The first-order chi connectivity index (χ1) is 9.60. The van der Waals surface area contributed by atoms with Gasteiger partial charge < -0.3 is 5.11 Å². The van der Waals surface area contributed by atoms with Crippen molar-refractivity contribution in [1.29, 1.82) is 0 Å². The molecule has 0 saturated heterocycles. The van der Waals surface area contributed by atoms with E-state index in [0.29, 0.717) is 10.0 Å². The number of nitrogens with zero attached hydrogens (tertiary/aromatic N) is 1. The zero-order valence-corrected chi connectivity index (χ0v) is 12.5. The van der Waals surface area contributed by atoms with E-state index in [4.69, 9.17) is 16.7 Å². The SMILES string of the molecule is CCCc1cc(C(=O)O)cc(Sc2ccccc2Cl)n1. The zero-order chi connectivity index (χ0) is 14.5. The van der Waals surface area contributed by atoms with Crippen LogP contribution >= 0.6 is 23.4 Å². The summed E-state index contributed by atoms with van der Waals surface area (Å²) >= 11 is 7.49. The van der Waals surface area contributed by atoms with Crippen molar-refractivity contribution in [3.05, 3.63) is 52.7 Å². The third-order valence-corrected chi connectivity index (χ3v) is 4.09. The Hall–Kier alpha value is -1.52. The third kappa shape index (κ3) is 3.74. The number of rotatable bonds is 5. The van der Waals surface area contributed by atoms with Gasteiger partial charge in [-0.05, 0) is 30.7 Å². The Balaban J connectivity index is 2.35. The highest BCUT2D eigenvalue weighted by Gasteiger charge is 2.10. The predicted molar refractivity (Wildman–Crippen MR) is 80.8 cm³/mol. The maximum atomic E-state index is 11.2. The summed E-state index contributed by atoms with van der Waals surface area (Å²) in [6, 6.07) is 10.6. The number of halogens is 1. The molecule has 0 bridgehead atoms. The summed E-state index contributed by atoms with van der Waals surface area (Å²) in [5, 5.41) is 10.4. The highest BCUT2D eigenvalue weighted by molar-refractivity contribution is 7.99. The molecule has 104 valence electrons. The fourth-order valence-corrected chi connectivity index (χ4v) is 2.90. The number of hydrogen-bond acceptors (Lipinski definition) is 3. The topological polar surface area (TPSA) is 50.2 Å². The van der Waals surface area contributed by atoms with Crippen LogP contribution in [0.4, 0.5) is 0 Å². The average Bonchev–Trinajstić information content (AvgIpc) is 2.41. The number of aryl methyl sites for hydroxylation is 1. The van der Waals surface area contributed by atoms with E-state index in [1.807, 2.05) is 25.1 Å². The Labute approximate surface area is 127 Å². The third-order valence-electron chi connectivity index (χ3n) is 2.66. The number of carboxylic acid groups (broad SMARTS) is 1. The summed E-state index contributed by atoms with van der Waals surface area (Å²) in [5.74, 6) is -0.939. The number of pyridine rings is 1. The van der Waals surface area contributed by atoms with Crippen LogP contribution in [-0.4, -0.2) is 16.1 Å². The van der Waals surface area contributed by atoms with Gasteiger partial charge in [0.25, 0.3) is 0 Å². The van der Waals surface area contributed by atoms with E-state index >= 15 is 0 Å². The van der Waals surface area contributed by atoms with Crippen molar-refractivity contribution in [3.63, 3.8) is 0 Å². The second-order valence-corrected chi connectivity index (χ2v) is 5.74. The first kappa shape index (κ1) is 14.9.